The summed E-state index contributed by atoms with van der Waals surface area (Å²) >= 11 is 0. The molecule has 1 unspecified atom stereocenters. The molecule has 2 N–H and O–H groups in total. The first kappa shape index (κ1) is 16.6. The van der Waals surface area contributed by atoms with Crippen molar-refractivity contribution in [1.29, 1.82) is 0 Å². The summed E-state index contributed by atoms with van der Waals surface area (Å²) in [5, 5.41) is 8.72. The summed E-state index contributed by atoms with van der Waals surface area (Å²) in [5.74, 6) is -1.33. The van der Waals surface area contributed by atoms with Gasteiger partial charge in [0.15, 0.2) is 9.84 Å². The van der Waals surface area contributed by atoms with Crippen molar-refractivity contribution in [3.8, 4) is 0 Å². The van der Waals surface area contributed by atoms with Gasteiger partial charge < -0.3 is 5.11 Å². The number of aryl methyl sites for hydroxylation is 1. The molecule has 0 aliphatic rings. The van der Waals surface area contributed by atoms with Gasteiger partial charge in [-0.15, -0.1) is 0 Å². The predicted molar refractivity (Wildman–Crippen MR) is 71.7 cm³/mol. The van der Waals surface area contributed by atoms with Gasteiger partial charge in [-0.25, -0.2) is 16.8 Å². The van der Waals surface area contributed by atoms with Crippen molar-refractivity contribution in [3.05, 3.63) is 23.8 Å². The Hall–Kier alpha value is -1.45. The van der Waals surface area contributed by atoms with E-state index >= 15 is 0 Å². The Morgan fingerprint density at radius 1 is 1.25 bits per heavy atom. The summed E-state index contributed by atoms with van der Waals surface area (Å²) in [6, 6.07) is 2.35. The molecule has 0 saturated heterocycles. The molecule has 0 aliphatic heterocycles. The molecule has 0 bridgehead atoms. The molecule has 1 aromatic rings. The van der Waals surface area contributed by atoms with Crippen molar-refractivity contribution in [1.82, 2.24) is 4.72 Å². The second-order valence-electron chi connectivity index (χ2n) is 4.38. The molecule has 0 aromatic heterocycles. The topological polar surface area (TPSA) is 118 Å². The van der Waals surface area contributed by atoms with E-state index in [0.717, 1.165) is 12.3 Å². The van der Waals surface area contributed by atoms with Crippen molar-refractivity contribution < 1.29 is 26.7 Å². The summed E-state index contributed by atoms with van der Waals surface area (Å²) in [5.41, 5.74) is 0.322. The van der Waals surface area contributed by atoms with Crippen molar-refractivity contribution in [2.24, 2.45) is 0 Å². The second-order valence-corrected chi connectivity index (χ2v) is 8.08. The summed E-state index contributed by atoms with van der Waals surface area (Å²) < 4.78 is 49.0. The number of hydrogen-bond acceptors (Lipinski definition) is 5. The number of sulfonamides is 1. The Kier molecular flexibility index (Phi) is 4.57. The summed E-state index contributed by atoms with van der Waals surface area (Å²) in [6.07, 6.45) is 0.960. The van der Waals surface area contributed by atoms with Crippen molar-refractivity contribution >= 4 is 25.8 Å². The van der Waals surface area contributed by atoms with Crippen LogP contribution in [0, 0.1) is 6.92 Å². The Morgan fingerprint density at radius 2 is 1.80 bits per heavy atom. The quantitative estimate of drug-likeness (QED) is 0.797. The van der Waals surface area contributed by atoms with Crippen LogP contribution >= 0.6 is 0 Å². The largest absolute Gasteiger partial charge is 0.480 e. The van der Waals surface area contributed by atoms with Gasteiger partial charge in [-0.1, -0.05) is 6.07 Å². The lowest BCUT2D eigenvalue weighted by Crippen LogP contribution is -2.38. The van der Waals surface area contributed by atoms with E-state index in [4.69, 9.17) is 5.11 Å². The first-order valence-corrected chi connectivity index (χ1v) is 8.88. The molecule has 0 fully saturated rings. The van der Waals surface area contributed by atoms with Gasteiger partial charge in [-0.3, -0.25) is 4.79 Å². The smallest absolute Gasteiger partial charge is 0.321 e. The van der Waals surface area contributed by atoms with Crippen molar-refractivity contribution in [2.75, 3.05) is 6.26 Å². The summed E-state index contributed by atoms with van der Waals surface area (Å²) in [4.78, 5) is 10.3. The number of hydrogen-bond donors (Lipinski definition) is 2. The van der Waals surface area contributed by atoms with Crippen LogP contribution in [-0.2, 0) is 24.7 Å². The monoisotopic (exact) mass is 321 g/mol. The molecule has 0 amide bonds. The lowest BCUT2D eigenvalue weighted by Gasteiger charge is -2.13. The maximum atomic E-state index is 12.1. The van der Waals surface area contributed by atoms with Crippen LogP contribution in [0.5, 0.6) is 0 Å². The van der Waals surface area contributed by atoms with Crippen molar-refractivity contribution in [2.45, 2.75) is 29.7 Å². The van der Waals surface area contributed by atoms with Gasteiger partial charge >= 0.3 is 5.97 Å². The minimum atomic E-state index is -4.11. The van der Waals surface area contributed by atoms with Crippen LogP contribution in [0.1, 0.15) is 12.5 Å². The van der Waals surface area contributed by atoms with Crippen molar-refractivity contribution in [3.63, 3.8) is 0 Å². The van der Waals surface area contributed by atoms with Crippen LogP contribution < -0.4 is 4.72 Å². The van der Waals surface area contributed by atoms with Gasteiger partial charge in [0.2, 0.25) is 10.0 Å². The summed E-state index contributed by atoms with van der Waals surface area (Å²) in [7, 11) is -7.67. The highest BCUT2D eigenvalue weighted by Crippen LogP contribution is 2.20. The molecule has 0 aliphatic carbocycles. The van der Waals surface area contributed by atoms with E-state index < -0.39 is 31.9 Å². The highest BCUT2D eigenvalue weighted by Gasteiger charge is 2.24. The fourth-order valence-corrected chi connectivity index (χ4v) is 3.64. The predicted octanol–water partition coefficient (Wildman–Crippen LogP) is 0.150. The molecule has 0 spiro atoms. The number of benzene rings is 1. The first-order chi connectivity index (χ1) is 8.95. The van der Waals surface area contributed by atoms with Gasteiger partial charge in [0.25, 0.3) is 0 Å². The standard InChI is InChI=1S/C11H15NO6S2/c1-7-4-5-9(19(3,15)16)6-10(7)20(17,18)12-8(2)11(13)14/h4-6,8,12H,1-3H3,(H,13,14). The second kappa shape index (κ2) is 5.51. The van der Waals surface area contributed by atoms with E-state index in [0.29, 0.717) is 5.56 Å². The molecule has 0 saturated carbocycles. The Morgan fingerprint density at radius 3 is 2.25 bits per heavy atom. The number of nitrogens with one attached hydrogen (secondary N) is 1. The third kappa shape index (κ3) is 3.78. The molecule has 1 atom stereocenters. The molecule has 1 aromatic carbocycles. The minimum absolute atomic E-state index is 0.147. The zero-order valence-electron chi connectivity index (χ0n) is 11.1. The average Bonchev–Trinajstić information content (AvgIpc) is 2.26. The van der Waals surface area contributed by atoms with E-state index in [1.807, 2.05) is 4.72 Å². The lowest BCUT2D eigenvalue weighted by atomic mass is 10.2. The Balaban J connectivity index is 3.35. The van der Waals surface area contributed by atoms with Crippen LogP contribution in [0.15, 0.2) is 28.0 Å². The van der Waals surface area contributed by atoms with E-state index in [9.17, 15) is 21.6 Å². The molecule has 0 radical (unpaired) electrons. The third-order valence-corrected chi connectivity index (χ3v) is 5.37. The highest BCUT2D eigenvalue weighted by atomic mass is 32.2. The minimum Gasteiger partial charge on any atom is -0.480 e. The van der Waals surface area contributed by atoms with Gasteiger partial charge in [0.1, 0.15) is 6.04 Å². The lowest BCUT2D eigenvalue weighted by molar-refractivity contribution is -0.138. The van der Waals surface area contributed by atoms with Crippen LogP contribution in [0.2, 0.25) is 0 Å². The number of carboxylic acids is 1. The SMILES string of the molecule is Cc1ccc(S(C)(=O)=O)cc1S(=O)(=O)NC(C)C(=O)O. The molecule has 7 nitrogen and oxygen atoms in total. The number of aliphatic carboxylic acids is 1. The number of carboxylic acid groups (broad SMARTS) is 1. The fraction of sp³-hybridized carbons (Fsp3) is 0.364. The van der Waals surface area contributed by atoms with Crippen LogP contribution in [-0.4, -0.2) is 40.2 Å². The molecule has 112 valence electrons. The highest BCUT2D eigenvalue weighted by molar-refractivity contribution is 7.91. The van der Waals surface area contributed by atoms with Gasteiger partial charge in [-0.2, -0.15) is 4.72 Å². The molecule has 20 heavy (non-hydrogen) atoms. The van der Waals surface area contributed by atoms with Crippen LogP contribution in [0.25, 0.3) is 0 Å². The average molecular weight is 321 g/mol. The zero-order chi connectivity index (χ0) is 15.7. The Labute approximate surface area is 117 Å². The molecule has 0 heterocycles. The number of carbonyl (C=O) groups is 1. The Bertz CT molecular complexity index is 736. The molecule has 1 rings (SSSR count). The molecular formula is C11H15NO6S2. The maximum Gasteiger partial charge on any atom is 0.321 e. The third-order valence-electron chi connectivity index (χ3n) is 2.58. The number of sulfone groups is 1. The van der Waals surface area contributed by atoms with Gasteiger partial charge in [-0.05, 0) is 31.5 Å². The molecular weight excluding hydrogens is 306 g/mol. The van der Waals surface area contributed by atoms with Crippen LogP contribution in [0.3, 0.4) is 0 Å². The zero-order valence-corrected chi connectivity index (χ0v) is 12.7. The first-order valence-electron chi connectivity index (χ1n) is 5.51. The van der Waals surface area contributed by atoms with E-state index in [1.165, 1.54) is 26.0 Å². The normalized spacial score (nSPS) is 13.9. The molecule has 9 heteroatoms. The van der Waals surface area contributed by atoms with Crippen LogP contribution in [0.4, 0.5) is 0 Å². The van der Waals surface area contributed by atoms with E-state index in [2.05, 4.69) is 0 Å². The van der Waals surface area contributed by atoms with E-state index in [1.54, 1.807) is 0 Å². The maximum absolute atomic E-state index is 12.1. The van der Waals surface area contributed by atoms with E-state index in [-0.39, 0.29) is 9.79 Å². The fourth-order valence-electron chi connectivity index (χ4n) is 1.45. The number of rotatable bonds is 5. The van der Waals surface area contributed by atoms with Gasteiger partial charge in [0, 0.05) is 6.26 Å². The van der Waals surface area contributed by atoms with Gasteiger partial charge in [0.05, 0.1) is 9.79 Å². The summed E-state index contributed by atoms with van der Waals surface area (Å²) in [6.45, 7) is 2.67.